The topological polar surface area (TPSA) is 76.1 Å². The molecule has 7 heteroatoms. The van der Waals surface area contributed by atoms with Gasteiger partial charge in [-0.25, -0.2) is 0 Å². The summed E-state index contributed by atoms with van der Waals surface area (Å²) in [7, 11) is 0. The summed E-state index contributed by atoms with van der Waals surface area (Å²) < 4.78 is 11.3. The van der Waals surface area contributed by atoms with E-state index in [9.17, 15) is 9.59 Å². The van der Waals surface area contributed by atoms with Crippen molar-refractivity contribution in [1.29, 1.82) is 0 Å². The molecule has 1 aliphatic carbocycles. The smallest absolute Gasteiger partial charge is 0.308 e. The number of nitrogens with zero attached hydrogens (tertiary/aromatic N) is 1. The van der Waals surface area contributed by atoms with Crippen molar-refractivity contribution >= 4 is 27.8 Å². The Bertz CT molecular complexity index is 629. The summed E-state index contributed by atoms with van der Waals surface area (Å²) in [6, 6.07) is 3.48. The molecule has 1 amide bonds. The first-order valence-electron chi connectivity index (χ1n) is 7.10. The molecule has 2 aliphatic rings. The van der Waals surface area contributed by atoms with Gasteiger partial charge < -0.3 is 19.5 Å². The Morgan fingerprint density at radius 2 is 2.14 bits per heavy atom. The van der Waals surface area contributed by atoms with Crippen LogP contribution in [0.3, 0.4) is 0 Å². The average molecular weight is 370 g/mol. The van der Waals surface area contributed by atoms with Gasteiger partial charge in [-0.2, -0.15) is 0 Å². The molecule has 0 spiro atoms. The Labute approximate surface area is 136 Å². The zero-order valence-corrected chi connectivity index (χ0v) is 13.6. The second-order valence-electron chi connectivity index (χ2n) is 5.62. The number of halogens is 1. The van der Waals surface area contributed by atoms with Crippen LogP contribution in [0.15, 0.2) is 16.6 Å². The molecule has 6 nitrogen and oxygen atoms in total. The minimum atomic E-state index is -0.898. The highest BCUT2D eigenvalue weighted by molar-refractivity contribution is 9.10. The average Bonchev–Trinajstić information content (AvgIpc) is 3.20. The Morgan fingerprint density at radius 3 is 2.77 bits per heavy atom. The third-order valence-electron chi connectivity index (χ3n) is 3.81. The summed E-state index contributed by atoms with van der Waals surface area (Å²) in [4.78, 5) is 25.5. The van der Waals surface area contributed by atoms with Crippen molar-refractivity contribution < 1.29 is 24.2 Å². The monoisotopic (exact) mass is 369 g/mol. The van der Waals surface area contributed by atoms with Gasteiger partial charge in [0.15, 0.2) is 11.5 Å². The number of hydrogen-bond acceptors (Lipinski definition) is 4. The molecule has 1 unspecified atom stereocenters. The molecule has 0 radical (unpaired) electrons. The van der Waals surface area contributed by atoms with Crippen molar-refractivity contribution in [3.05, 3.63) is 22.2 Å². The van der Waals surface area contributed by atoms with E-state index >= 15 is 0 Å². The molecule has 1 N–H and O–H groups in total. The van der Waals surface area contributed by atoms with E-state index in [1.165, 1.54) is 0 Å². The number of benzene rings is 1. The number of ether oxygens (including phenoxy) is 2. The third kappa shape index (κ3) is 2.90. The zero-order chi connectivity index (χ0) is 15.9. The Morgan fingerprint density at radius 1 is 1.41 bits per heavy atom. The molecule has 1 fully saturated rings. The molecule has 1 atom stereocenters. The summed E-state index contributed by atoms with van der Waals surface area (Å²) in [5.41, 5.74) is 0.473. The van der Waals surface area contributed by atoms with Crippen LogP contribution in [0.4, 0.5) is 0 Å². The van der Waals surface area contributed by atoms with Gasteiger partial charge in [0.2, 0.25) is 6.79 Å². The van der Waals surface area contributed by atoms with Crippen LogP contribution in [0.1, 0.15) is 30.1 Å². The van der Waals surface area contributed by atoms with Crippen molar-refractivity contribution in [2.45, 2.75) is 25.8 Å². The van der Waals surface area contributed by atoms with E-state index in [1.54, 1.807) is 24.0 Å². The highest BCUT2D eigenvalue weighted by Gasteiger charge is 2.35. The van der Waals surface area contributed by atoms with Crippen LogP contribution in [0.2, 0.25) is 0 Å². The number of carbonyl (C=O) groups is 2. The van der Waals surface area contributed by atoms with Crippen molar-refractivity contribution in [3.8, 4) is 11.5 Å². The number of carboxylic acids is 1. The molecule has 1 aliphatic heterocycles. The zero-order valence-electron chi connectivity index (χ0n) is 12.0. The highest BCUT2D eigenvalue weighted by Crippen LogP contribution is 2.40. The Hall–Kier alpha value is -1.76. The second-order valence-corrected chi connectivity index (χ2v) is 6.47. The minimum absolute atomic E-state index is 0.133. The second kappa shape index (κ2) is 5.79. The van der Waals surface area contributed by atoms with Crippen LogP contribution in [-0.2, 0) is 4.79 Å². The lowest BCUT2D eigenvalue weighted by atomic mass is 10.1. The number of aliphatic carboxylic acids is 1. The molecular formula is C15H16BrNO5. The maximum Gasteiger partial charge on any atom is 0.308 e. The fourth-order valence-corrected chi connectivity index (χ4v) is 2.97. The van der Waals surface area contributed by atoms with Crippen LogP contribution in [-0.4, -0.2) is 41.3 Å². The van der Waals surface area contributed by atoms with Crippen LogP contribution >= 0.6 is 15.9 Å². The number of carboxylic acid groups (broad SMARTS) is 1. The fraction of sp³-hybridized carbons (Fsp3) is 0.467. The quantitative estimate of drug-likeness (QED) is 0.862. The Balaban J connectivity index is 1.84. The number of fused-ring (bicyclic) bond motifs is 1. The maximum atomic E-state index is 12.8. The van der Waals surface area contributed by atoms with Crippen LogP contribution < -0.4 is 9.47 Å². The molecule has 3 rings (SSSR count). The largest absolute Gasteiger partial charge is 0.481 e. The minimum Gasteiger partial charge on any atom is -0.481 e. The molecule has 1 aromatic rings. The van der Waals surface area contributed by atoms with Gasteiger partial charge >= 0.3 is 5.97 Å². The van der Waals surface area contributed by atoms with Gasteiger partial charge in [-0.15, -0.1) is 0 Å². The van der Waals surface area contributed by atoms with Crippen LogP contribution in [0, 0.1) is 5.92 Å². The van der Waals surface area contributed by atoms with Gasteiger partial charge in [0.1, 0.15) is 0 Å². The molecule has 0 saturated heterocycles. The van der Waals surface area contributed by atoms with E-state index in [0.717, 1.165) is 12.8 Å². The first-order valence-corrected chi connectivity index (χ1v) is 7.89. The lowest BCUT2D eigenvalue weighted by molar-refractivity contribution is -0.141. The van der Waals surface area contributed by atoms with Crippen molar-refractivity contribution in [2.75, 3.05) is 13.3 Å². The molecule has 1 heterocycles. The highest BCUT2D eigenvalue weighted by atomic mass is 79.9. The van der Waals surface area contributed by atoms with Gasteiger partial charge in [0, 0.05) is 18.2 Å². The number of rotatable bonds is 5. The van der Waals surface area contributed by atoms with Gasteiger partial charge in [0.25, 0.3) is 5.91 Å². The van der Waals surface area contributed by atoms with E-state index < -0.39 is 11.9 Å². The van der Waals surface area contributed by atoms with Gasteiger partial charge in [0.05, 0.1) is 10.4 Å². The first kappa shape index (κ1) is 15.1. The molecule has 1 aromatic carbocycles. The van der Waals surface area contributed by atoms with Crippen molar-refractivity contribution in [3.63, 3.8) is 0 Å². The summed E-state index contributed by atoms with van der Waals surface area (Å²) >= 11 is 3.37. The molecule has 1 saturated carbocycles. The van der Waals surface area contributed by atoms with E-state index in [1.807, 2.05) is 0 Å². The van der Waals surface area contributed by atoms with Crippen LogP contribution in [0.25, 0.3) is 0 Å². The number of amides is 1. The van der Waals surface area contributed by atoms with Crippen LogP contribution in [0.5, 0.6) is 11.5 Å². The van der Waals surface area contributed by atoms with E-state index in [4.69, 9.17) is 14.6 Å². The third-order valence-corrected chi connectivity index (χ3v) is 4.40. The molecular weight excluding hydrogens is 354 g/mol. The standard InChI is InChI=1S/C15H16BrNO5/c1-8(15(19)20)6-17(10-2-3-10)14(18)9-4-11(16)13-12(5-9)21-7-22-13/h4-5,8,10H,2-3,6-7H2,1H3,(H,19,20). The van der Waals surface area contributed by atoms with Gasteiger partial charge in [-0.1, -0.05) is 6.92 Å². The predicted molar refractivity (Wildman–Crippen MR) is 81.1 cm³/mol. The summed E-state index contributed by atoms with van der Waals surface area (Å²) in [6.45, 7) is 1.96. The maximum absolute atomic E-state index is 12.8. The summed E-state index contributed by atoms with van der Waals surface area (Å²) in [5.74, 6) is -0.546. The number of hydrogen-bond donors (Lipinski definition) is 1. The van der Waals surface area contributed by atoms with Crippen molar-refractivity contribution in [1.82, 2.24) is 4.90 Å². The van der Waals surface area contributed by atoms with Gasteiger partial charge in [-0.05, 0) is 40.9 Å². The molecule has 0 aromatic heterocycles. The van der Waals surface area contributed by atoms with E-state index in [0.29, 0.717) is 21.5 Å². The van der Waals surface area contributed by atoms with E-state index in [2.05, 4.69) is 15.9 Å². The summed E-state index contributed by atoms with van der Waals surface area (Å²) in [5, 5.41) is 9.07. The lowest BCUT2D eigenvalue weighted by Crippen LogP contribution is -2.38. The predicted octanol–water partition coefficient (Wildman–Crippen LogP) is 2.50. The Kier molecular flexibility index (Phi) is 3.99. The lowest BCUT2D eigenvalue weighted by Gasteiger charge is -2.24. The molecule has 118 valence electrons. The number of carbonyl (C=O) groups excluding carboxylic acids is 1. The SMILES string of the molecule is CC(CN(C(=O)c1cc(Br)c2c(c1)OCO2)C1CC1)C(=O)O. The fourth-order valence-electron chi connectivity index (χ4n) is 2.41. The first-order chi connectivity index (χ1) is 10.5. The normalized spacial score (nSPS) is 17.2. The molecule has 22 heavy (non-hydrogen) atoms. The van der Waals surface area contributed by atoms with Gasteiger partial charge in [-0.3, -0.25) is 9.59 Å². The molecule has 0 bridgehead atoms. The van der Waals surface area contributed by atoms with Crippen molar-refractivity contribution in [2.24, 2.45) is 5.92 Å². The summed E-state index contributed by atoms with van der Waals surface area (Å²) in [6.07, 6.45) is 1.84. The van der Waals surface area contributed by atoms with E-state index in [-0.39, 0.29) is 25.3 Å².